The van der Waals surface area contributed by atoms with Crippen molar-refractivity contribution >= 4 is 11.6 Å². The molecule has 0 amide bonds. The number of nitrogens with zero attached hydrogens (tertiary/aromatic N) is 4. The lowest BCUT2D eigenvalue weighted by atomic mass is 10.1. The number of ether oxygens (including phenoxy) is 2. The quantitative estimate of drug-likeness (QED) is 0.762. The summed E-state index contributed by atoms with van der Waals surface area (Å²) in [4.78, 5) is 14.4. The van der Waals surface area contributed by atoms with E-state index in [2.05, 4.69) is 31.7 Å². The maximum atomic E-state index is 14.1. The first kappa shape index (κ1) is 18.1. The van der Waals surface area contributed by atoms with Crippen molar-refractivity contribution in [3.63, 3.8) is 0 Å². The van der Waals surface area contributed by atoms with Crippen LogP contribution in [0.4, 0.5) is 16.0 Å². The topological polar surface area (TPSA) is 72.4 Å². The normalized spacial score (nSPS) is 17.5. The maximum absolute atomic E-state index is 14.1. The first-order valence-corrected chi connectivity index (χ1v) is 8.47. The number of rotatable bonds is 7. The van der Waals surface area contributed by atoms with E-state index < -0.39 is 5.82 Å². The Morgan fingerprint density at radius 1 is 1.38 bits per heavy atom. The van der Waals surface area contributed by atoms with Crippen molar-refractivity contribution in [1.29, 1.82) is 0 Å². The summed E-state index contributed by atoms with van der Waals surface area (Å²) in [5, 5.41) is 2.98. The van der Waals surface area contributed by atoms with Gasteiger partial charge in [0.25, 0.3) is 5.88 Å². The molecule has 0 spiro atoms. The molecule has 8 heteroatoms. The highest BCUT2D eigenvalue weighted by molar-refractivity contribution is 5.52. The van der Waals surface area contributed by atoms with Crippen LogP contribution in [0.25, 0.3) is 0 Å². The van der Waals surface area contributed by atoms with Crippen molar-refractivity contribution in [2.24, 2.45) is 0 Å². The van der Waals surface area contributed by atoms with Gasteiger partial charge in [0.1, 0.15) is 6.10 Å². The fraction of sp³-hybridized carbons (Fsp3) is 0.389. The summed E-state index contributed by atoms with van der Waals surface area (Å²) >= 11 is 0. The standard InChI is InChI=1S/C18H22FN5O2/c1-3-8-24-9-4-5-14(12-24)26-17-15(19)11-21-18(23-17)22-13-6-7-16(25-2)20-10-13/h3,6-7,10-11,14H,1,4-5,8-9,12H2,2H3,(H,21,22,23)/t14-/m0/s1. The Kier molecular flexibility index (Phi) is 5.96. The van der Waals surface area contributed by atoms with Gasteiger partial charge in [0.05, 0.1) is 25.2 Å². The third-order valence-corrected chi connectivity index (χ3v) is 4.04. The first-order chi connectivity index (χ1) is 12.7. The predicted octanol–water partition coefficient (Wildman–Crippen LogP) is 2.79. The monoisotopic (exact) mass is 359 g/mol. The fourth-order valence-corrected chi connectivity index (χ4v) is 2.81. The summed E-state index contributed by atoms with van der Waals surface area (Å²) in [7, 11) is 1.55. The highest BCUT2D eigenvalue weighted by atomic mass is 19.1. The highest BCUT2D eigenvalue weighted by Gasteiger charge is 2.22. The Morgan fingerprint density at radius 2 is 2.27 bits per heavy atom. The van der Waals surface area contributed by atoms with Gasteiger partial charge in [-0.05, 0) is 25.5 Å². The number of piperidine rings is 1. The van der Waals surface area contributed by atoms with Crippen LogP contribution in [0, 0.1) is 5.82 Å². The van der Waals surface area contributed by atoms with Crippen LogP contribution in [-0.2, 0) is 0 Å². The second kappa shape index (κ2) is 8.57. The molecule has 138 valence electrons. The van der Waals surface area contributed by atoms with E-state index in [0.717, 1.165) is 38.7 Å². The molecule has 1 saturated heterocycles. The number of methoxy groups -OCH3 is 1. The number of likely N-dealkylation sites (tertiary alicyclic amines) is 1. The van der Waals surface area contributed by atoms with Gasteiger partial charge in [-0.3, -0.25) is 4.90 Å². The summed E-state index contributed by atoms with van der Waals surface area (Å²) in [5.74, 6) is 0.117. The Bertz CT molecular complexity index is 741. The van der Waals surface area contributed by atoms with Gasteiger partial charge in [-0.2, -0.15) is 9.37 Å². The van der Waals surface area contributed by atoms with Crippen LogP contribution in [0.2, 0.25) is 0 Å². The van der Waals surface area contributed by atoms with Gasteiger partial charge >= 0.3 is 0 Å². The highest BCUT2D eigenvalue weighted by Crippen LogP contribution is 2.22. The van der Waals surface area contributed by atoms with Crippen molar-refractivity contribution in [2.75, 3.05) is 32.1 Å². The number of anilines is 2. The summed E-state index contributed by atoms with van der Waals surface area (Å²) in [5.41, 5.74) is 0.665. The van der Waals surface area contributed by atoms with Crippen LogP contribution in [0.5, 0.6) is 11.8 Å². The summed E-state index contributed by atoms with van der Waals surface area (Å²) in [6.07, 6.45) is 6.30. The lowest BCUT2D eigenvalue weighted by Crippen LogP contribution is -2.41. The van der Waals surface area contributed by atoms with Crippen LogP contribution >= 0.6 is 0 Å². The van der Waals surface area contributed by atoms with Gasteiger partial charge in [0.15, 0.2) is 0 Å². The zero-order chi connectivity index (χ0) is 18.4. The molecule has 1 atom stereocenters. The van der Waals surface area contributed by atoms with Crippen molar-refractivity contribution < 1.29 is 13.9 Å². The van der Waals surface area contributed by atoms with E-state index in [1.54, 1.807) is 25.4 Å². The Hall–Kier alpha value is -2.74. The molecular formula is C18H22FN5O2. The predicted molar refractivity (Wildman–Crippen MR) is 96.3 cm³/mol. The number of nitrogens with one attached hydrogen (secondary N) is 1. The van der Waals surface area contributed by atoms with Crippen molar-refractivity contribution in [3.8, 4) is 11.8 Å². The summed E-state index contributed by atoms with van der Waals surface area (Å²) in [6, 6.07) is 3.48. The summed E-state index contributed by atoms with van der Waals surface area (Å²) in [6.45, 7) is 6.27. The van der Waals surface area contributed by atoms with E-state index in [1.165, 1.54) is 0 Å². The molecule has 2 aromatic heterocycles. The minimum Gasteiger partial charge on any atom is -0.481 e. The Balaban J connectivity index is 1.67. The zero-order valence-corrected chi connectivity index (χ0v) is 14.7. The molecule has 0 radical (unpaired) electrons. The number of hydrogen-bond acceptors (Lipinski definition) is 7. The largest absolute Gasteiger partial charge is 0.481 e. The summed E-state index contributed by atoms with van der Waals surface area (Å²) < 4.78 is 24.9. The molecule has 0 aromatic carbocycles. The van der Waals surface area contributed by atoms with E-state index >= 15 is 0 Å². The average Bonchev–Trinajstić information content (AvgIpc) is 2.66. The van der Waals surface area contributed by atoms with Crippen molar-refractivity contribution in [1.82, 2.24) is 19.9 Å². The third kappa shape index (κ3) is 4.66. The SMILES string of the molecule is C=CCN1CCC[C@H](Oc2nc(Nc3ccc(OC)nc3)ncc2F)C1. The minimum absolute atomic E-state index is 0.0468. The molecule has 2 aromatic rings. The van der Waals surface area contributed by atoms with E-state index in [0.29, 0.717) is 11.6 Å². The lowest BCUT2D eigenvalue weighted by Gasteiger charge is -2.31. The number of hydrogen-bond donors (Lipinski definition) is 1. The van der Waals surface area contributed by atoms with Gasteiger partial charge in [-0.15, -0.1) is 6.58 Å². The molecule has 0 unspecified atom stereocenters. The molecule has 1 fully saturated rings. The van der Waals surface area contributed by atoms with Crippen LogP contribution in [-0.4, -0.2) is 52.7 Å². The van der Waals surface area contributed by atoms with Gasteiger partial charge in [-0.1, -0.05) is 6.08 Å². The number of aromatic nitrogens is 3. The second-order valence-electron chi connectivity index (χ2n) is 5.99. The lowest BCUT2D eigenvalue weighted by molar-refractivity contribution is 0.0881. The van der Waals surface area contributed by atoms with Crippen LogP contribution in [0.15, 0.2) is 37.2 Å². The van der Waals surface area contributed by atoms with E-state index in [9.17, 15) is 4.39 Å². The molecule has 1 aliphatic rings. The minimum atomic E-state index is -0.579. The van der Waals surface area contributed by atoms with Crippen LogP contribution < -0.4 is 14.8 Å². The van der Waals surface area contributed by atoms with Gasteiger partial charge in [0, 0.05) is 19.2 Å². The van der Waals surface area contributed by atoms with Gasteiger partial charge < -0.3 is 14.8 Å². The van der Waals surface area contributed by atoms with Crippen molar-refractivity contribution in [3.05, 3.63) is 43.0 Å². The third-order valence-electron chi connectivity index (χ3n) is 4.04. The van der Waals surface area contributed by atoms with Gasteiger partial charge in [-0.25, -0.2) is 9.97 Å². The van der Waals surface area contributed by atoms with Crippen LogP contribution in [0.3, 0.4) is 0 Å². The molecule has 26 heavy (non-hydrogen) atoms. The molecule has 1 N–H and O–H groups in total. The molecule has 0 saturated carbocycles. The Labute approximate surface area is 151 Å². The van der Waals surface area contributed by atoms with Gasteiger partial charge in [0.2, 0.25) is 17.6 Å². The first-order valence-electron chi connectivity index (χ1n) is 8.47. The fourth-order valence-electron chi connectivity index (χ4n) is 2.81. The zero-order valence-electron chi connectivity index (χ0n) is 14.7. The van der Waals surface area contributed by atoms with E-state index in [1.807, 2.05) is 6.08 Å². The molecule has 1 aliphatic heterocycles. The number of pyridine rings is 1. The molecule has 3 heterocycles. The molecule has 0 bridgehead atoms. The Morgan fingerprint density at radius 3 is 3.00 bits per heavy atom. The van der Waals surface area contributed by atoms with Crippen LogP contribution in [0.1, 0.15) is 12.8 Å². The van der Waals surface area contributed by atoms with Crippen molar-refractivity contribution in [2.45, 2.75) is 18.9 Å². The second-order valence-corrected chi connectivity index (χ2v) is 5.99. The molecule has 7 nitrogen and oxygen atoms in total. The maximum Gasteiger partial charge on any atom is 0.255 e. The van der Waals surface area contributed by atoms with E-state index in [-0.39, 0.29) is 17.9 Å². The molecule has 3 rings (SSSR count). The number of halogens is 1. The van der Waals surface area contributed by atoms with E-state index in [4.69, 9.17) is 9.47 Å². The smallest absolute Gasteiger partial charge is 0.255 e. The average molecular weight is 359 g/mol. The molecule has 0 aliphatic carbocycles. The molecular weight excluding hydrogens is 337 g/mol.